The molecular formula is C15H23N3O2. The summed E-state index contributed by atoms with van der Waals surface area (Å²) in [5, 5.41) is 2.93. The molecule has 1 aromatic rings. The number of carbonyl (C=O) groups excluding carboxylic acids is 1. The number of hydrogen-bond donors (Lipinski definition) is 2. The maximum Gasteiger partial charge on any atom is 0.251 e. The van der Waals surface area contributed by atoms with Gasteiger partial charge in [0.1, 0.15) is 5.75 Å². The van der Waals surface area contributed by atoms with Crippen LogP contribution in [-0.4, -0.2) is 44.1 Å². The summed E-state index contributed by atoms with van der Waals surface area (Å²) in [7, 11) is 1.56. The number of hydrogen-bond acceptors (Lipinski definition) is 4. The maximum atomic E-state index is 12.0. The van der Waals surface area contributed by atoms with Crippen LogP contribution in [0.15, 0.2) is 18.2 Å². The van der Waals surface area contributed by atoms with Crippen LogP contribution in [0.25, 0.3) is 0 Å². The lowest BCUT2D eigenvalue weighted by atomic mass is 10.1. The second-order valence-corrected chi connectivity index (χ2v) is 5.11. The summed E-state index contributed by atoms with van der Waals surface area (Å²) in [6, 6.07) is 5.09. The number of benzene rings is 1. The first-order valence-corrected chi connectivity index (χ1v) is 7.15. The predicted molar refractivity (Wildman–Crippen MR) is 80.0 cm³/mol. The molecule has 0 bridgehead atoms. The summed E-state index contributed by atoms with van der Waals surface area (Å²) < 4.78 is 5.07. The molecule has 1 aliphatic rings. The van der Waals surface area contributed by atoms with Gasteiger partial charge in [-0.15, -0.1) is 0 Å². The van der Waals surface area contributed by atoms with Gasteiger partial charge in [-0.05, 0) is 57.1 Å². The van der Waals surface area contributed by atoms with Crippen LogP contribution in [-0.2, 0) is 0 Å². The predicted octanol–water partition coefficient (Wildman–Crippen LogP) is 1.49. The molecule has 2 rings (SSSR count). The lowest BCUT2D eigenvalue weighted by Gasteiger charge is -2.14. The van der Waals surface area contributed by atoms with E-state index in [4.69, 9.17) is 10.5 Å². The molecule has 5 nitrogen and oxygen atoms in total. The van der Waals surface area contributed by atoms with Crippen molar-refractivity contribution in [1.29, 1.82) is 0 Å². The van der Waals surface area contributed by atoms with Crippen molar-refractivity contribution in [2.24, 2.45) is 0 Å². The van der Waals surface area contributed by atoms with Crippen LogP contribution in [0.1, 0.15) is 29.6 Å². The number of amides is 1. The molecule has 1 aliphatic heterocycles. The highest BCUT2D eigenvalue weighted by atomic mass is 16.5. The molecule has 3 N–H and O–H groups in total. The minimum atomic E-state index is -0.0826. The van der Waals surface area contributed by atoms with E-state index in [9.17, 15) is 4.79 Å². The molecule has 110 valence electrons. The minimum Gasteiger partial charge on any atom is -0.495 e. The number of nitrogens with zero attached hydrogens (tertiary/aromatic N) is 1. The van der Waals surface area contributed by atoms with Gasteiger partial charge in [-0.3, -0.25) is 4.79 Å². The molecular weight excluding hydrogens is 254 g/mol. The molecule has 1 saturated heterocycles. The summed E-state index contributed by atoms with van der Waals surface area (Å²) in [5.74, 6) is 0.511. The number of ether oxygens (including phenoxy) is 1. The van der Waals surface area contributed by atoms with Gasteiger partial charge in [0.15, 0.2) is 0 Å². The molecule has 0 atom stereocenters. The van der Waals surface area contributed by atoms with E-state index in [-0.39, 0.29) is 5.91 Å². The van der Waals surface area contributed by atoms with Gasteiger partial charge in [0.05, 0.1) is 12.8 Å². The molecule has 0 radical (unpaired) electrons. The Bertz CT molecular complexity index is 456. The number of nitrogen functional groups attached to an aromatic ring is 1. The van der Waals surface area contributed by atoms with Crippen molar-refractivity contribution in [3.05, 3.63) is 23.8 Å². The molecule has 0 unspecified atom stereocenters. The first-order chi connectivity index (χ1) is 9.70. The molecule has 0 spiro atoms. The zero-order chi connectivity index (χ0) is 14.4. The van der Waals surface area contributed by atoms with E-state index in [1.807, 2.05) is 0 Å². The Morgan fingerprint density at radius 1 is 1.40 bits per heavy atom. The Balaban J connectivity index is 1.75. The van der Waals surface area contributed by atoms with Gasteiger partial charge in [-0.25, -0.2) is 0 Å². The third-order valence-electron chi connectivity index (χ3n) is 3.63. The Morgan fingerprint density at radius 3 is 2.80 bits per heavy atom. The van der Waals surface area contributed by atoms with Crippen LogP contribution in [0.5, 0.6) is 5.75 Å². The number of methoxy groups -OCH3 is 1. The number of nitrogens with one attached hydrogen (secondary N) is 1. The van der Waals surface area contributed by atoms with E-state index in [0.717, 1.165) is 13.0 Å². The van der Waals surface area contributed by atoms with Crippen molar-refractivity contribution >= 4 is 11.6 Å². The van der Waals surface area contributed by atoms with E-state index in [1.165, 1.54) is 25.9 Å². The molecule has 1 amide bonds. The Kier molecular flexibility index (Phi) is 5.24. The van der Waals surface area contributed by atoms with Crippen LogP contribution in [0.2, 0.25) is 0 Å². The monoisotopic (exact) mass is 277 g/mol. The molecule has 0 aliphatic carbocycles. The minimum absolute atomic E-state index is 0.0826. The van der Waals surface area contributed by atoms with Crippen molar-refractivity contribution in [2.45, 2.75) is 19.3 Å². The zero-order valence-electron chi connectivity index (χ0n) is 12.0. The Hall–Kier alpha value is -1.75. The largest absolute Gasteiger partial charge is 0.495 e. The third-order valence-corrected chi connectivity index (χ3v) is 3.63. The topological polar surface area (TPSA) is 67.6 Å². The van der Waals surface area contributed by atoms with E-state index in [2.05, 4.69) is 10.2 Å². The standard InChI is InChI=1S/C15H23N3O2/c1-20-14-6-5-12(11-13(14)16)15(19)17-7-4-10-18-8-2-3-9-18/h5-6,11H,2-4,7-10,16H2,1H3,(H,17,19). The van der Waals surface area contributed by atoms with Crippen molar-refractivity contribution in [1.82, 2.24) is 10.2 Å². The molecule has 1 aromatic carbocycles. The fourth-order valence-electron chi connectivity index (χ4n) is 2.49. The summed E-state index contributed by atoms with van der Waals surface area (Å²) in [5.41, 5.74) is 6.85. The normalized spacial score (nSPS) is 15.2. The number of nitrogens with two attached hydrogens (primary N) is 1. The first kappa shape index (κ1) is 14.7. The SMILES string of the molecule is COc1ccc(C(=O)NCCCN2CCCC2)cc1N. The van der Waals surface area contributed by atoms with E-state index in [0.29, 0.717) is 23.5 Å². The second-order valence-electron chi connectivity index (χ2n) is 5.11. The lowest BCUT2D eigenvalue weighted by Crippen LogP contribution is -2.28. The molecule has 5 heteroatoms. The highest BCUT2D eigenvalue weighted by Crippen LogP contribution is 2.21. The van der Waals surface area contributed by atoms with Gasteiger partial charge in [0.25, 0.3) is 5.91 Å². The van der Waals surface area contributed by atoms with Crippen molar-refractivity contribution in [3.63, 3.8) is 0 Å². The van der Waals surface area contributed by atoms with Crippen molar-refractivity contribution in [3.8, 4) is 5.75 Å². The van der Waals surface area contributed by atoms with Gasteiger partial charge in [-0.2, -0.15) is 0 Å². The fourth-order valence-corrected chi connectivity index (χ4v) is 2.49. The Labute approximate surface area is 120 Å². The van der Waals surface area contributed by atoms with Gasteiger partial charge in [-0.1, -0.05) is 0 Å². The third kappa shape index (κ3) is 3.87. The average Bonchev–Trinajstić information content (AvgIpc) is 2.96. The van der Waals surface area contributed by atoms with Crippen LogP contribution in [0.3, 0.4) is 0 Å². The zero-order valence-corrected chi connectivity index (χ0v) is 12.0. The maximum absolute atomic E-state index is 12.0. The summed E-state index contributed by atoms with van der Waals surface area (Å²) in [6.45, 7) is 4.15. The van der Waals surface area contributed by atoms with Crippen LogP contribution in [0, 0.1) is 0 Å². The Morgan fingerprint density at radius 2 is 2.15 bits per heavy atom. The van der Waals surface area contributed by atoms with Gasteiger partial charge in [0, 0.05) is 12.1 Å². The second kappa shape index (κ2) is 7.14. The molecule has 1 fully saturated rings. The molecule has 0 aromatic heterocycles. The van der Waals surface area contributed by atoms with Crippen LogP contribution < -0.4 is 15.8 Å². The molecule has 20 heavy (non-hydrogen) atoms. The average molecular weight is 277 g/mol. The van der Waals surface area contributed by atoms with E-state index < -0.39 is 0 Å². The smallest absolute Gasteiger partial charge is 0.251 e. The summed E-state index contributed by atoms with van der Waals surface area (Å²) in [4.78, 5) is 14.4. The molecule has 1 heterocycles. The number of carbonyl (C=O) groups is 1. The summed E-state index contributed by atoms with van der Waals surface area (Å²) in [6.07, 6.45) is 3.59. The quantitative estimate of drug-likeness (QED) is 0.611. The van der Waals surface area contributed by atoms with E-state index in [1.54, 1.807) is 25.3 Å². The van der Waals surface area contributed by atoms with Crippen LogP contribution in [0.4, 0.5) is 5.69 Å². The highest BCUT2D eigenvalue weighted by Gasteiger charge is 2.11. The van der Waals surface area contributed by atoms with E-state index >= 15 is 0 Å². The lowest BCUT2D eigenvalue weighted by molar-refractivity contribution is 0.0952. The number of rotatable bonds is 6. The summed E-state index contributed by atoms with van der Waals surface area (Å²) >= 11 is 0. The van der Waals surface area contributed by atoms with Gasteiger partial charge in [0.2, 0.25) is 0 Å². The highest BCUT2D eigenvalue weighted by molar-refractivity contribution is 5.95. The van der Waals surface area contributed by atoms with Crippen LogP contribution >= 0.6 is 0 Å². The van der Waals surface area contributed by atoms with Gasteiger partial charge < -0.3 is 20.7 Å². The number of anilines is 1. The molecule has 0 saturated carbocycles. The van der Waals surface area contributed by atoms with Crippen molar-refractivity contribution in [2.75, 3.05) is 39.0 Å². The number of likely N-dealkylation sites (tertiary alicyclic amines) is 1. The van der Waals surface area contributed by atoms with Gasteiger partial charge >= 0.3 is 0 Å². The first-order valence-electron chi connectivity index (χ1n) is 7.15. The van der Waals surface area contributed by atoms with Crippen molar-refractivity contribution < 1.29 is 9.53 Å². The fraction of sp³-hybridized carbons (Fsp3) is 0.533.